The quantitative estimate of drug-likeness (QED) is 0.553. The van der Waals surface area contributed by atoms with E-state index in [9.17, 15) is 0 Å². The zero-order valence-electron chi connectivity index (χ0n) is 4.97. The first kappa shape index (κ1) is 22.5. The minimum Gasteiger partial charge on any atom is -0.265 e. The van der Waals surface area contributed by atoms with Gasteiger partial charge in [0.05, 0.1) is 0 Å². The van der Waals surface area contributed by atoms with E-state index >= 15 is 0 Å². The summed E-state index contributed by atoms with van der Waals surface area (Å²) in [7, 11) is 0. The van der Waals surface area contributed by atoms with E-state index in [1.54, 1.807) is 12.4 Å². The Morgan fingerprint density at radius 1 is 0.700 bits per heavy atom. The third-order valence-corrected chi connectivity index (χ3v) is 0.566. The van der Waals surface area contributed by atoms with Gasteiger partial charge in [-0.15, -0.1) is 74.9 Å². The number of nitrogens with zero attached hydrogens (tertiary/aromatic N) is 1. The first-order chi connectivity index (χ1) is 3.00. The summed E-state index contributed by atoms with van der Waals surface area (Å²) in [5, 5.41) is 0. The Bertz CT molecular complexity index is 88.8. The smallest absolute Gasteiger partial charge is 0.0267 e. The molecule has 0 radical (unpaired) electrons. The first-order valence-electron chi connectivity index (χ1n) is 1.85. The Hall–Kier alpha value is 1.32. The zero-order valence-corrected chi connectivity index (χ0v) is 12.4. The number of halogens is 4. The Labute approximate surface area is 109 Å². The van der Waals surface area contributed by atoms with E-state index < -0.39 is 0 Å². The van der Waals surface area contributed by atoms with Gasteiger partial charge in [0, 0.05) is 12.4 Å². The molecule has 1 rings (SSSR count). The van der Waals surface area contributed by atoms with E-state index in [2.05, 4.69) is 4.98 Å². The van der Waals surface area contributed by atoms with Crippen molar-refractivity contribution in [2.24, 2.45) is 0 Å². The van der Waals surface area contributed by atoms with Crippen molar-refractivity contribution in [3.8, 4) is 0 Å². The molecule has 0 fully saturated rings. The normalized spacial score (nSPS) is 4.80. The Kier molecular flexibility index (Phi) is 37.6. The number of rotatable bonds is 0. The molecule has 1 nitrogen and oxygen atoms in total. The van der Waals surface area contributed by atoms with Gasteiger partial charge in [-0.3, -0.25) is 4.98 Å². The van der Waals surface area contributed by atoms with Gasteiger partial charge in [-0.2, -0.15) is 0 Å². The van der Waals surface area contributed by atoms with Crippen LogP contribution in [-0.4, -0.2) is 4.98 Å². The van der Waals surface area contributed by atoms with Crippen molar-refractivity contribution in [3.63, 3.8) is 0 Å². The lowest BCUT2D eigenvalue weighted by atomic mass is 10.5. The molecule has 0 amide bonds. The topological polar surface area (TPSA) is 12.9 Å². The highest BCUT2D eigenvalue weighted by atomic mass is 127. The second kappa shape index (κ2) is 16.7. The van der Waals surface area contributed by atoms with Crippen LogP contribution in [0.4, 0.5) is 0 Å². The third-order valence-electron chi connectivity index (χ3n) is 0.566. The molecule has 0 aliphatic heterocycles. The van der Waals surface area contributed by atoms with Gasteiger partial charge in [0.1, 0.15) is 0 Å². The van der Waals surface area contributed by atoms with Gasteiger partial charge < -0.3 is 0 Å². The molecule has 10 heavy (non-hydrogen) atoms. The van der Waals surface area contributed by atoms with Crippen LogP contribution < -0.4 is 0 Å². The molecule has 1 aromatic rings. The van der Waals surface area contributed by atoms with Crippen molar-refractivity contribution >= 4 is 74.9 Å². The molecule has 0 bridgehead atoms. The van der Waals surface area contributed by atoms with Crippen LogP contribution in [0.15, 0.2) is 30.6 Å². The lowest BCUT2D eigenvalue weighted by Gasteiger charge is -1.70. The molecule has 0 aliphatic rings. The van der Waals surface area contributed by atoms with Crippen LogP contribution in [0.5, 0.6) is 0 Å². The first-order valence-corrected chi connectivity index (χ1v) is 1.85. The van der Waals surface area contributed by atoms with Crippen LogP contribution in [0.2, 0.25) is 0 Å². The van der Waals surface area contributed by atoms with E-state index in [1.165, 1.54) is 0 Å². The molecule has 0 unspecified atom stereocenters. The summed E-state index contributed by atoms with van der Waals surface area (Å²) in [4.78, 5) is 3.78. The predicted molar refractivity (Wildman–Crippen MR) is 70.6 cm³/mol. The van der Waals surface area contributed by atoms with Crippen LogP contribution in [-0.2, 0) is 0 Å². The second-order valence-electron chi connectivity index (χ2n) is 1.02. The monoisotopic (exact) mass is 447 g/mol. The standard InChI is InChI=1S/C5H5N.3BrH.HI/c1-2-4-6-5-3-1;;;;/h1-5H;4*1H. The zero-order chi connectivity index (χ0) is 4.24. The molecule has 0 atom stereocenters. The molecule has 0 saturated carbocycles. The third kappa shape index (κ3) is 12.0. The van der Waals surface area contributed by atoms with Gasteiger partial charge in [0.15, 0.2) is 0 Å². The van der Waals surface area contributed by atoms with Crippen LogP contribution in [0.25, 0.3) is 0 Å². The summed E-state index contributed by atoms with van der Waals surface area (Å²) in [6.45, 7) is 0. The van der Waals surface area contributed by atoms with E-state index in [4.69, 9.17) is 0 Å². The van der Waals surface area contributed by atoms with Gasteiger partial charge in [-0.1, -0.05) is 6.07 Å². The summed E-state index contributed by atoms with van der Waals surface area (Å²) in [6.07, 6.45) is 3.50. The average molecular weight is 450 g/mol. The van der Waals surface area contributed by atoms with Gasteiger partial charge in [-0.05, 0) is 12.1 Å². The van der Waals surface area contributed by atoms with Crippen molar-refractivity contribution < 1.29 is 0 Å². The fourth-order valence-electron chi connectivity index (χ4n) is 0.313. The molecule has 1 heterocycles. The SMILES string of the molecule is Br.Br.Br.I.c1ccncc1. The lowest BCUT2D eigenvalue weighted by molar-refractivity contribution is 1.33. The summed E-state index contributed by atoms with van der Waals surface area (Å²) < 4.78 is 0. The summed E-state index contributed by atoms with van der Waals surface area (Å²) in [5.74, 6) is 0. The van der Waals surface area contributed by atoms with E-state index in [1.807, 2.05) is 18.2 Å². The molecule has 5 heteroatoms. The van der Waals surface area contributed by atoms with Crippen molar-refractivity contribution in [1.29, 1.82) is 0 Å². The van der Waals surface area contributed by atoms with Crippen LogP contribution >= 0.6 is 74.9 Å². The highest BCUT2D eigenvalue weighted by Gasteiger charge is 1.58. The minimum atomic E-state index is 0. The number of pyridine rings is 1. The molecular formula is C5H9Br3IN. The van der Waals surface area contributed by atoms with Crippen LogP contribution in [0.1, 0.15) is 0 Å². The van der Waals surface area contributed by atoms with Gasteiger partial charge >= 0.3 is 0 Å². The fraction of sp³-hybridized carbons (Fsp3) is 0. The largest absolute Gasteiger partial charge is 0.265 e. The maximum atomic E-state index is 3.78. The highest BCUT2D eigenvalue weighted by Crippen LogP contribution is 1.73. The number of hydrogen-bond acceptors (Lipinski definition) is 1. The van der Waals surface area contributed by atoms with Crippen molar-refractivity contribution in [2.45, 2.75) is 0 Å². The molecular weight excluding hydrogens is 441 g/mol. The molecule has 62 valence electrons. The Morgan fingerprint density at radius 3 is 1.20 bits per heavy atom. The van der Waals surface area contributed by atoms with E-state index in [0.717, 1.165) is 0 Å². The second-order valence-corrected chi connectivity index (χ2v) is 1.02. The molecule has 1 aromatic heterocycles. The van der Waals surface area contributed by atoms with E-state index in [0.29, 0.717) is 0 Å². The molecule has 0 N–H and O–H groups in total. The predicted octanol–water partition coefficient (Wildman–Crippen LogP) is 3.43. The number of hydrogen-bond donors (Lipinski definition) is 0. The molecule has 0 aromatic carbocycles. The highest BCUT2D eigenvalue weighted by molar-refractivity contribution is 14.0. The molecule has 0 aliphatic carbocycles. The summed E-state index contributed by atoms with van der Waals surface area (Å²) in [5.41, 5.74) is 0. The van der Waals surface area contributed by atoms with Crippen LogP contribution in [0.3, 0.4) is 0 Å². The molecule has 0 spiro atoms. The number of aromatic nitrogens is 1. The summed E-state index contributed by atoms with van der Waals surface area (Å²) >= 11 is 0. The van der Waals surface area contributed by atoms with Crippen molar-refractivity contribution in [1.82, 2.24) is 4.98 Å². The Balaban J connectivity index is -0.0000000450. The Morgan fingerprint density at radius 2 is 1.10 bits per heavy atom. The average Bonchev–Trinajstić information content (AvgIpc) is 1.72. The van der Waals surface area contributed by atoms with Crippen molar-refractivity contribution in [3.05, 3.63) is 30.6 Å². The van der Waals surface area contributed by atoms with E-state index in [-0.39, 0.29) is 74.9 Å². The maximum Gasteiger partial charge on any atom is 0.0267 e. The van der Waals surface area contributed by atoms with Gasteiger partial charge in [-0.25, -0.2) is 0 Å². The fourth-order valence-corrected chi connectivity index (χ4v) is 0.313. The van der Waals surface area contributed by atoms with Gasteiger partial charge in [0.2, 0.25) is 0 Å². The molecule has 0 saturated heterocycles. The summed E-state index contributed by atoms with van der Waals surface area (Å²) in [6, 6.07) is 5.72. The van der Waals surface area contributed by atoms with Crippen LogP contribution in [0, 0.1) is 0 Å². The lowest BCUT2D eigenvalue weighted by Crippen LogP contribution is -1.58. The maximum absolute atomic E-state index is 3.78. The van der Waals surface area contributed by atoms with Gasteiger partial charge in [0.25, 0.3) is 0 Å². The minimum absolute atomic E-state index is 0. The van der Waals surface area contributed by atoms with Crippen molar-refractivity contribution in [2.75, 3.05) is 0 Å².